The van der Waals surface area contributed by atoms with Crippen molar-refractivity contribution in [1.29, 1.82) is 0 Å². The van der Waals surface area contributed by atoms with Crippen LogP contribution in [0.4, 0.5) is 13.2 Å². The average Bonchev–Trinajstić information content (AvgIpc) is 2.24. The van der Waals surface area contributed by atoms with Gasteiger partial charge in [0.05, 0.1) is 7.11 Å². The summed E-state index contributed by atoms with van der Waals surface area (Å²) in [5, 5.41) is 0. The molecule has 1 unspecified atom stereocenters. The molecule has 1 nitrogen and oxygen atoms in total. The Hall–Kier alpha value is -0.710. The van der Waals surface area contributed by atoms with Crippen molar-refractivity contribution in [2.75, 3.05) is 7.11 Å². The van der Waals surface area contributed by atoms with Crippen LogP contribution >= 0.6 is 15.9 Å². The van der Waals surface area contributed by atoms with E-state index in [2.05, 4.69) is 15.9 Å². The number of alkyl halides is 4. The normalized spacial score (nSPS) is 13.5. The van der Waals surface area contributed by atoms with E-state index in [1.807, 2.05) is 26.0 Å². The molecule has 0 aliphatic carbocycles. The first kappa shape index (κ1) is 15.3. The summed E-state index contributed by atoms with van der Waals surface area (Å²) in [6, 6.07) is 3.73. The van der Waals surface area contributed by atoms with Crippen molar-refractivity contribution in [3.8, 4) is 5.75 Å². The molecule has 0 saturated heterocycles. The van der Waals surface area contributed by atoms with Crippen molar-refractivity contribution < 1.29 is 17.9 Å². The van der Waals surface area contributed by atoms with E-state index in [9.17, 15) is 13.2 Å². The molecule has 1 aromatic rings. The minimum atomic E-state index is -4.11. The SMILES string of the molecule is COc1c(C)cc(C(Br)CCC(F)(F)F)cc1C. The van der Waals surface area contributed by atoms with Crippen LogP contribution in [0.15, 0.2) is 12.1 Å². The Morgan fingerprint density at radius 1 is 1.22 bits per heavy atom. The predicted molar refractivity (Wildman–Crippen MR) is 69.4 cm³/mol. The van der Waals surface area contributed by atoms with Gasteiger partial charge in [-0.3, -0.25) is 0 Å². The lowest BCUT2D eigenvalue weighted by atomic mass is 10.0. The number of hydrogen-bond donors (Lipinski definition) is 0. The third-order valence-electron chi connectivity index (χ3n) is 2.73. The molecule has 18 heavy (non-hydrogen) atoms. The van der Waals surface area contributed by atoms with Gasteiger partial charge in [-0.05, 0) is 37.0 Å². The second-order valence-corrected chi connectivity index (χ2v) is 5.41. The topological polar surface area (TPSA) is 9.23 Å². The van der Waals surface area contributed by atoms with Crippen LogP contribution in [0.25, 0.3) is 0 Å². The first-order chi connectivity index (χ1) is 8.24. The summed E-state index contributed by atoms with van der Waals surface area (Å²) in [6.45, 7) is 3.78. The molecule has 0 heterocycles. The maximum atomic E-state index is 12.2. The van der Waals surface area contributed by atoms with Crippen molar-refractivity contribution >= 4 is 15.9 Å². The molecule has 0 amide bonds. The van der Waals surface area contributed by atoms with Crippen molar-refractivity contribution in [2.45, 2.75) is 37.7 Å². The van der Waals surface area contributed by atoms with Crippen molar-refractivity contribution in [3.63, 3.8) is 0 Å². The number of benzene rings is 1. The number of halogens is 4. The minimum absolute atomic E-state index is 0.0364. The highest BCUT2D eigenvalue weighted by atomic mass is 79.9. The largest absolute Gasteiger partial charge is 0.496 e. The fourth-order valence-electron chi connectivity index (χ4n) is 1.94. The van der Waals surface area contributed by atoms with E-state index in [1.54, 1.807) is 7.11 Å². The van der Waals surface area contributed by atoms with E-state index >= 15 is 0 Å². The fourth-order valence-corrected chi connectivity index (χ4v) is 2.44. The first-order valence-corrected chi connectivity index (χ1v) is 6.52. The summed E-state index contributed by atoms with van der Waals surface area (Å²) < 4.78 is 41.7. The lowest BCUT2D eigenvalue weighted by molar-refractivity contribution is -0.135. The molecule has 0 radical (unpaired) electrons. The third kappa shape index (κ3) is 4.19. The lowest BCUT2D eigenvalue weighted by Crippen LogP contribution is -2.08. The van der Waals surface area contributed by atoms with Gasteiger partial charge in [-0.15, -0.1) is 0 Å². The van der Waals surface area contributed by atoms with Crippen LogP contribution in [0.2, 0.25) is 0 Å². The summed E-state index contributed by atoms with van der Waals surface area (Å²) in [6.07, 6.45) is -4.86. The molecule has 0 aliphatic rings. The Bertz CT molecular complexity index is 392. The van der Waals surface area contributed by atoms with Crippen LogP contribution in [-0.4, -0.2) is 13.3 Å². The summed E-state index contributed by atoms with van der Waals surface area (Å²) >= 11 is 3.31. The maximum Gasteiger partial charge on any atom is 0.389 e. The van der Waals surface area contributed by atoms with Gasteiger partial charge in [-0.2, -0.15) is 13.2 Å². The molecule has 0 spiro atoms. The van der Waals surface area contributed by atoms with Crippen LogP contribution in [-0.2, 0) is 0 Å². The molecule has 0 fully saturated rings. The second kappa shape index (κ2) is 5.95. The molecule has 5 heteroatoms. The van der Waals surface area contributed by atoms with Gasteiger partial charge in [0.25, 0.3) is 0 Å². The van der Waals surface area contributed by atoms with Gasteiger partial charge in [-0.25, -0.2) is 0 Å². The van der Waals surface area contributed by atoms with Crippen LogP contribution < -0.4 is 4.74 Å². The van der Waals surface area contributed by atoms with Gasteiger partial charge in [0.1, 0.15) is 5.75 Å². The number of aryl methyl sites for hydroxylation is 2. The lowest BCUT2D eigenvalue weighted by Gasteiger charge is -2.16. The number of methoxy groups -OCH3 is 1. The average molecular weight is 325 g/mol. The van der Waals surface area contributed by atoms with E-state index in [0.29, 0.717) is 0 Å². The van der Waals surface area contributed by atoms with Crippen LogP contribution in [0.1, 0.15) is 34.4 Å². The van der Waals surface area contributed by atoms with Crippen LogP contribution in [0.3, 0.4) is 0 Å². The zero-order chi connectivity index (χ0) is 13.9. The van der Waals surface area contributed by atoms with E-state index in [4.69, 9.17) is 4.74 Å². The molecule has 0 saturated carbocycles. The van der Waals surface area contributed by atoms with E-state index < -0.39 is 12.6 Å². The van der Waals surface area contributed by atoms with Gasteiger partial charge >= 0.3 is 6.18 Å². The monoisotopic (exact) mass is 324 g/mol. The molecular formula is C13H16BrF3O. The smallest absolute Gasteiger partial charge is 0.389 e. The highest BCUT2D eigenvalue weighted by molar-refractivity contribution is 9.09. The number of ether oxygens (including phenoxy) is 1. The molecule has 1 aromatic carbocycles. The highest BCUT2D eigenvalue weighted by Crippen LogP contribution is 2.36. The Balaban J connectivity index is 2.84. The minimum Gasteiger partial charge on any atom is -0.496 e. The molecule has 0 aromatic heterocycles. The van der Waals surface area contributed by atoms with E-state index in [-0.39, 0.29) is 11.2 Å². The van der Waals surface area contributed by atoms with Crippen molar-refractivity contribution in [2.24, 2.45) is 0 Å². The summed E-state index contributed by atoms with van der Waals surface area (Å²) in [4.78, 5) is -0.289. The first-order valence-electron chi connectivity index (χ1n) is 5.60. The summed E-state index contributed by atoms with van der Waals surface area (Å²) in [5.74, 6) is 0.786. The second-order valence-electron chi connectivity index (χ2n) is 4.31. The zero-order valence-corrected chi connectivity index (χ0v) is 12.2. The maximum absolute atomic E-state index is 12.2. The van der Waals surface area contributed by atoms with Crippen LogP contribution in [0.5, 0.6) is 5.75 Å². The molecule has 1 rings (SSSR count). The van der Waals surface area contributed by atoms with Gasteiger partial charge < -0.3 is 4.74 Å². The van der Waals surface area contributed by atoms with E-state index in [0.717, 1.165) is 22.4 Å². The number of hydrogen-bond acceptors (Lipinski definition) is 1. The Labute approximate surface area is 113 Å². The van der Waals surface area contributed by atoms with Gasteiger partial charge in [0, 0.05) is 11.2 Å². The third-order valence-corrected chi connectivity index (χ3v) is 3.72. The number of rotatable bonds is 4. The molecule has 0 N–H and O–H groups in total. The Morgan fingerprint density at radius 2 is 1.72 bits per heavy atom. The standard InChI is InChI=1S/C13H16BrF3O/c1-8-6-10(7-9(2)12(8)18-3)11(14)4-5-13(15,16)17/h6-7,11H,4-5H2,1-3H3. The molecule has 0 aliphatic heterocycles. The quantitative estimate of drug-likeness (QED) is 0.701. The Morgan fingerprint density at radius 3 is 2.11 bits per heavy atom. The molecule has 102 valence electrons. The molecule has 1 atom stereocenters. The van der Waals surface area contributed by atoms with E-state index in [1.165, 1.54) is 0 Å². The Kier molecular flexibility index (Phi) is 5.08. The highest BCUT2D eigenvalue weighted by Gasteiger charge is 2.28. The summed E-state index contributed by atoms with van der Waals surface area (Å²) in [7, 11) is 1.59. The molecular weight excluding hydrogens is 309 g/mol. The molecule has 0 bridgehead atoms. The van der Waals surface area contributed by atoms with Gasteiger partial charge in [0.2, 0.25) is 0 Å². The van der Waals surface area contributed by atoms with Gasteiger partial charge in [0.15, 0.2) is 0 Å². The van der Waals surface area contributed by atoms with Crippen molar-refractivity contribution in [1.82, 2.24) is 0 Å². The van der Waals surface area contributed by atoms with Crippen LogP contribution in [0, 0.1) is 13.8 Å². The van der Waals surface area contributed by atoms with Gasteiger partial charge in [-0.1, -0.05) is 28.1 Å². The summed E-state index contributed by atoms with van der Waals surface area (Å²) in [5.41, 5.74) is 2.72. The zero-order valence-electron chi connectivity index (χ0n) is 10.6. The fraction of sp³-hybridized carbons (Fsp3) is 0.538. The predicted octanol–water partition coefficient (Wildman–Crippen LogP) is 5.09. The van der Waals surface area contributed by atoms with Crippen molar-refractivity contribution in [3.05, 3.63) is 28.8 Å².